The van der Waals surface area contributed by atoms with Crippen molar-refractivity contribution in [2.45, 2.75) is 24.8 Å². The van der Waals surface area contributed by atoms with Gasteiger partial charge in [-0.15, -0.1) is 0 Å². The highest BCUT2D eigenvalue weighted by molar-refractivity contribution is 7.92. The second-order valence-electron chi connectivity index (χ2n) is 4.72. The van der Waals surface area contributed by atoms with Crippen LogP contribution < -0.4 is 4.31 Å². The second-order valence-corrected chi connectivity index (χ2v) is 6.58. The highest BCUT2D eigenvalue weighted by atomic mass is 32.2. The number of fused-ring (bicyclic) bond motifs is 3. The van der Waals surface area contributed by atoms with Crippen LogP contribution in [0.2, 0.25) is 0 Å². The Morgan fingerprint density at radius 1 is 1.29 bits per heavy atom. The molecule has 1 aliphatic heterocycles. The van der Waals surface area contributed by atoms with Crippen molar-refractivity contribution in [1.82, 2.24) is 0 Å². The third kappa shape index (κ3) is 1.59. The molecule has 90 valence electrons. The minimum atomic E-state index is -3.20. The van der Waals surface area contributed by atoms with Gasteiger partial charge in [-0.3, -0.25) is 4.31 Å². The van der Waals surface area contributed by atoms with Gasteiger partial charge in [-0.25, -0.2) is 8.42 Å². The van der Waals surface area contributed by atoms with Gasteiger partial charge in [-0.2, -0.15) is 0 Å². The van der Waals surface area contributed by atoms with E-state index in [1.54, 1.807) is 4.31 Å². The SMILES string of the molecule is CS(=O)(=O)N1c2ccccc2C2CCC=CC21. The fraction of sp³-hybridized carbons (Fsp3) is 0.385. The largest absolute Gasteiger partial charge is 0.263 e. The maximum atomic E-state index is 11.9. The number of hydrogen-bond donors (Lipinski definition) is 0. The van der Waals surface area contributed by atoms with Crippen LogP contribution in [0.3, 0.4) is 0 Å². The quantitative estimate of drug-likeness (QED) is 0.716. The number of anilines is 1. The minimum Gasteiger partial charge on any atom is -0.263 e. The third-order valence-corrected chi connectivity index (χ3v) is 4.75. The zero-order valence-electron chi connectivity index (χ0n) is 9.70. The average Bonchev–Trinajstić information content (AvgIpc) is 2.63. The molecule has 1 heterocycles. The zero-order valence-corrected chi connectivity index (χ0v) is 10.5. The van der Waals surface area contributed by atoms with E-state index in [-0.39, 0.29) is 6.04 Å². The van der Waals surface area contributed by atoms with Crippen LogP contribution in [0.1, 0.15) is 24.3 Å². The van der Waals surface area contributed by atoms with Crippen LogP contribution >= 0.6 is 0 Å². The molecule has 0 spiro atoms. The Labute approximate surface area is 102 Å². The van der Waals surface area contributed by atoms with Crippen molar-refractivity contribution in [2.75, 3.05) is 10.6 Å². The summed E-state index contributed by atoms with van der Waals surface area (Å²) in [6.07, 6.45) is 7.48. The van der Waals surface area contributed by atoms with Crippen LogP contribution in [0.25, 0.3) is 0 Å². The molecule has 3 rings (SSSR count). The van der Waals surface area contributed by atoms with Crippen molar-refractivity contribution in [1.29, 1.82) is 0 Å². The minimum absolute atomic E-state index is 0.0175. The summed E-state index contributed by atoms with van der Waals surface area (Å²) in [4.78, 5) is 0. The summed E-state index contributed by atoms with van der Waals surface area (Å²) >= 11 is 0. The lowest BCUT2D eigenvalue weighted by molar-refractivity contribution is 0.557. The van der Waals surface area contributed by atoms with Crippen molar-refractivity contribution in [3.8, 4) is 0 Å². The number of sulfonamides is 1. The maximum Gasteiger partial charge on any atom is 0.232 e. The molecule has 0 fully saturated rings. The summed E-state index contributed by atoms with van der Waals surface area (Å²) in [7, 11) is -3.20. The van der Waals surface area contributed by atoms with E-state index in [1.165, 1.54) is 11.8 Å². The number of benzene rings is 1. The lowest BCUT2D eigenvalue weighted by Gasteiger charge is -2.28. The molecule has 1 aromatic carbocycles. The Morgan fingerprint density at radius 2 is 2.06 bits per heavy atom. The van der Waals surface area contributed by atoms with Crippen molar-refractivity contribution >= 4 is 15.7 Å². The van der Waals surface area contributed by atoms with Gasteiger partial charge < -0.3 is 0 Å². The Kier molecular flexibility index (Phi) is 2.30. The van der Waals surface area contributed by atoms with Crippen LogP contribution in [0.4, 0.5) is 5.69 Å². The molecule has 0 radical (unpaired) electrons. The Morgan fingerprint density at radius 3 is 2.82 bits per heavy atom. The van der Waals surface area contributed by atoms with Gasteiger partial charge in [0, 0.05) is 5.92 Å². The second kappa shape index (κ2) is 3.60. The fourth-order valence-corrected chi connectivity index (χ4v) is 4.14. The summed E-state index contributed by atoms with van der Waals surface area (Å²) in [5.41, 5.74) is 2.03. The van der Waals surface area contributed by atoms with Crippen LogP contribution in [0.5, 0.6) is 0 Å². The van der Waals surface area contributed by atoms with Crippen molar-refractivity contribution in [3.05, 3.63) is 42.0 Å². The van der Waals surface area contributed by atoms with E-state index in [1.807, 2.05) is 24.3 Å². The Bertz CT molecular complexity index is 577. The summed E-state index contributed by atoms with van der Waals surface area (Å²) in [6, 6.07) is 7.83. The van der Waals surface area contributed by atoms with Gasteiger partial charge in [-0.05, 0) is 24.5 Å². The molecule has 4 heteroatoms. The van der Waals surface area contributed by atoms with E-state index >= 15 is 0 Å². The van der Waals surface area contributed by atoms with Gasteiger partial charge in [0.1, 0.15) is 0 Å². The first-order valence-electron chi connectivity index (χ1n) is 5.84. The van der Waals surface area contributed by atoms with Crippen molar-refractivity contribution in [3.63, 3.8) is 0 Å². The van der Waals surface area contributed by atoms with E-state index in [0.29, 0.717) is 5.92 Å². The number of allylic oxidation sites excluding steroid dienone is 1. The Balaban J connectivity index is 2.21. The van der Waals surface area contributed by atoms with Crippen molar-refractivity contribution in [2.24, 2.45) is 0 Å². The fourth-order valence-electron chi connectivity index (χ4n) is 2.96. The first-order chi connectivity index (χ1) is 8.09. The molecule has 2 unspecified atom stereocenters. The Hall–Kier alpha value is -1.29. The number of para-hydroxylation sites is 1. The smallest absolute Gasteiger partial charge is 0.232 e. The van der Waals surface area contributed by atoms with Gasteiger partial charge in [0.15, 0.2) is 0 Å². The molecule has 1 aliphatic carbocycles. The predicted molar refractivity (Wildman–Crippen MR) is 68.7 cm³/mol. The van der Waals surface area contributed by atoms with Crippen LogP contribution in [-0.4, -0.2) is 20.7 Å². The summed E-state index contributed by atoms with van der Waals surface area (Å²) < 4.78 is 25.5. The average molecular weight is 249 g/mol. The molecule has 0 bridgehead atoms. The molecule has 1 aromatic rings. The van der Waals surface area contributed by atoms with Gasteiger partial charge >= 0.3 is 0 Å². The van der Waals surface area contributed by atoms with E-state index < -0.39 is 10.0 Å². The molecule has 0 aromatic heterocycles. The lowest BCUT2D eigenvalue weighted by atomic mass is 9.87. The summed E-state index contributed by atoms with van der Waals surface area (Å²) in [6.45, 7) is 0. The zero-order chi connectivity index (χ0) is 12.0. The van der Waals surface area contributed by atoms with Gasteiger partial charge in [0.05, 0.1) is 18.0 Å². The third-order valence-electron chi connectivity index (χ3n) is 3.59. The molecule has 2 atom stereocenters. The molecular weight excluding hydrogens is 234 g/mol. The van der Waals surface area contributed by atoms with Crippen molar-refractivity contribution < 1.29 is 8.42 Å². The molecule has 17 heavy (non-hydrogen) atoms. The normalized spacial score (nSPS) is 26.8. The highest BCUT2D eigenvalue weighted by Gasteiger charge is 2.41. The molecular formula is C13H15NO2S. The molecule has 2 aliphatic rings. The topological polar surface area (TPSA) is 37.4 Å². The van der Waals surface area contributed by atoms with Crippen LogP contribution in [0, 0.1) is 0 Å². The number of nitrogens with zero attached hydrogens (tertiary/aromatic N) is 1. The van der Waals surface area contributed by atoms with Gasteiger partial charge in [-0.1, -0.05) is 30.4 Å². The first kappa shape index (κ1) is 10.8. The number of rotatable bonds is 1. The molecule has 0 saturated carbocycles. The standard InChI is InChI=1S/C13H15NO2S/c1-17(15,16)14-12-8-4-2-6-10(12)11-7-3-5-9-13(11)14/h2,4-6,8-9,11,13H,3,7H2,1H3. The van der Waals surface area contributed by atoms with E-state index in [9.17, 15) is 8.42 Å². The van der Waals surface area contributed by atoms with Gasteiger partial charge in [0.25, 0.3) is 0 Å². The van der Waals surface area contributed by atoms with Gasteiger partial charge in [0.2, 0.25) is 10.0 Å². The molecule has 0 N–H and O–H groups in total. The maximum absolute atomic E-state index is 11.9. The highest BCUT2D eigenvalue weighted by Crippen LogP contribution is 2.46. The summed E-state index contributed by atoms with van der Waals surface area (Å²) in [5, 5.41) is 0. The summed E-state index contributed by atoms with van der Waals surface area (Å²) in [5.74, 6) is 0.325. The predicted octanol–water partition coefficient (Wildman–Crippen LogP) is 2.27. The monoisotopic (exact) mass is 249 g/mol. The van der Waals surface area contributed by atoms with E-state index in [4.69, 9.17) is 0 Å². The molecule has 0 amide bonds. The van der Waals surface area contributed by atoms with E-state index in [0.717, 1.165) is 18.5 Å². The van der Waals surface area contributed by atoms with Crippen LogP contribution in [0.15, 0.2) is 36.4 Å². The molecule has 0 saturated heterocycles. The van der Waals surface area contributed by atoms with Crippen LogP contribution in [-0.2, 0) is 10.0 Å². The first-order valence-corrected chi connectivity index (χ1v) is 7.69. The molecule has 3 nitrogen and oxygen atoms in total. The number of hydrogen-bond acceptors (Lipinski definition) is 2. The lowest BCUT2D eigenvalue weighted by Crippen LogP contribution is -2.38. The van der Waals surface area contributed by atoms with E-state index in [2.05, 4.69) is 12.1 Å².